The second-order valence-electron chi connectivity index (χ2n) is 4.16. The predicted octanol–water partition coefficient (Wildman–Crippen LogP) is 3.76. The van der Waals surface area contributed by atoms with E-state index in [1.54, 1.807) is 0 Å². The third-order valence-corrected chi connectivity index (χ3v) is 3.47. The van der Waals surface area contributed by atoms with E-state index in [1.807, 2.05) is 18.2 Å². The van der Waals surface area contributed by atoms with E-state index in [0.29, 0.717) is 24.4 Å². The second kappa shape index (κ2) is 5.95. The lowest BCUT2D eigenvalue weighted by Crippen LogP contribution is -2.21. The van der Waals surface area contributed by atoms with E-state index in [4.69, 9.17) is 4.42 Å². The van der Waals surface area contributed by atoms with Gasteiger partial charge < -0.3 is 9.73 Å². The van der Waals surface area contributed by atoms with Gasteiger partial charge in [0.2, 0.25) is 11.8 Å². The van der Waals surface area contributed by atoms with Gasteiger partial charge in [-0.05, 0) is 34.1 Å². The highest BCUT2D eigenvalue weighted by Crippen LogP contribution is 2.30. The third kappa shape index (κ3) is 3.40. The number of nitrogens with one attached hydrogen (secondary N) is 1. The smallest absolute Gasteiger partial charge is 0.248 e. The summed E-state index contributed by atoms with van der Waals surface area (Å²) in [6.07, 6.45) is 0. The Balaban J connectivity index is 2.21. The highest BCUT2D eigenvalue weighted by atomic mass is 79.9. The second-order valence-corrected chi connectivity index (χ2v) is 5.93. The Morgan fingerprint density at radius 3 is 2.78 bits per heavy atom. The maximum Gasteiger partial charge on any atom is 0.248 e. The van der Waals surface area contributed by atoms with Crippen LogP contribution in [0.15, 0.2) is 31.6 Å². The van der Waals surface area contributed by atoms with Crippen molar-refractivity contribution in [1.29, 1.82) is 0 Å². The largest absolute Gasteiger partial charge is 0.419 e. The minimum Gasteiger partial charge on any atom is -0.419 e. The summed E-state index contributed by atoms with van der Waals surface area (Å²) in [6.45, 7) is 4.72. The van der Waals surface area contributed by atoms with Crippen molar-refractivity contribution in [2.45, 2.75) is 26.4 Å². The summed E-state index contributed by atoms with van der Waals surface area (Å²) in [5.74, 6) is 1.11. The summed E-state index contributed by atoms with van der Waals surface area (Å²) in [6, 6.07) is 6.22. The average molecular weight is 375 g/mol. The molecule has 0 aliphatic heterocycles. The summed E-state index contributed by atoms with van der Waals surface area (Å²) in [4.78, 5) is 0. The van der Waals surface area contributed by atoms with Crippen molar-refractivity contribution in [2.75, 3.05) is 0 Å². The average Bonchev–Trinajstić information content (AvgIpc) is 2.78. The van der Waals surface area contributed by atoms with E-state index in [-0.39, 0.29) is 0 Å². The lowest BCUT2D eigenvalue weighted by Gasteiger charge is -2.03. The van der Waals surface area contributed by atoms with E-state index in [0.717, 1.165) is 14.5 Å². The third-order valence-electron chi connectivity index (χ3n) is 2.29. The maximum atomic E-state index is 5.62. The number of nitrogens with zero attached hydrogens (tertiary/aromatic N) is 2. The van der Waals surface area contributed by atoms with Crippen LogP contribution in [0, 0.1) is 0 Å². The van der Waals surface area contributed by atoms with Gasteiger partial charge in [-0.25, -0.2) is 0 Å². The first-order valence-corrected chi connectivity index (χ1v) is 7.16. The first-order chi connectivity index (χ1) is 8.56. The van der Waals surface area contributed by atoms with Crippen LogP contribution in [-0.4, -0.2) is 16.2 Å². The van der Waals surface area contributed by atoms with Crippen LogP contribution in [0.3, 0.4) is 0 Å². The molecular weight excluding hydrogens is 362 g/mol. The quantitative estimate of drug-likeness (QED) is 0.885. The lowest BCUT2D eigenvalue weighted by atomic mass is 10.2. The standard InChI is InChI=1S/C12H13Br2N3O/c1-7(2)15-6-11-16-17-12(18-11)9-5-8(13)3-4-10(9)14/h3-5,7,15H,6H2,1-2H3. The molecule has 6 heteroatoms. The Labute approximate surface area is 122 Å². The number of rotatable bonds is 4. The van der Waals surface area contributed by atoms with E-state index in [9.17, 15) is 0 Å². The Morgan fingerprint density at radius 2 is 2.06 bits per heavy atom. The minimum absolute atomic E-state index is 0.387. The Bertz CT molecular complexity index is 540. The van der Waals surface area contributed by atoms with E-state index in [2.05, 4.69) is 61.2 Å². The van der Waals surface area contributed by atoms with Crippen molar-refractivity contribution >= 4 is 31.9 Å². The normalized spacial score (nSPS) is 11.2. The monoisotopic (exact) mass is 373 g/mol. The zero-order valence-electron chi connectivity index (χ0n) is 10.1. The molecule has 0 bridgehead atoms. The highest BCUT2D eigenvalue weighted by Gasteiger charge is 2.12. The molecule has 2 rings (SSSR count). The van der Waals surface area contributed by atoms with Gasteiger partial charge in [-0.1, -0.05) is 29.8 Å². The first kappa shape index (κ1) is 13.7. The molecule has 1 heterocycles. The fraction of sp³-hybridized carbons (Fsp3) is 0.333. The summed E-state index contributed by atoms with van der Waals surface area (Å²) < 4.78 is 7.52. The predicted molar refractivity (Wildman–Crippen MR) is 77.1 cm³/mol. The van der Waals surface area contributed by atoms with Crippen molar-refractivity contribution in [3.8, 4) is 11.5 Å². The molecule has 0 aliphatic carbocycles. The van der Waals surface area contributed by atoms with Gasteiger partial charge in [-0.2, -0.15) is 0 Å². The molecule has 0 radical (unpaired) electrons. The van der Waals surface area contributed by atoms with Gasteiger partial charge in [-0.3, -0.25) is 0 Å². The molecule has 2 aromatic rings. The SMILES string of the molecule is CC(C)NCc1nnc(-c2cc(Br)ccc2Br)o1. The van der Waals surface area contributed by atoms with Crippen molar-refractivity contribution in [3.05, 3.63) is 33.0 Å². The Kier molecular flexibility index (Phi) is 4.53. The molecule has 1 aromatic heterocycles. The molecule has 96 valence electrons. The number of hydrogen-bond donors (Lipinski definition) is 1. The van der Waals surface area contributed by atoms with Crippen molar-refractivity contribution in [1.82, 2.24) is 15.5 Å². The molecule has 0 unspecified atom stereocenters. The van der Waals surface area contributed by atoms with Crippen LogP contribution in [-0.2, 0) is 6.54 Å². The van der Waals surface area contributed by atoms with Gasteiger partial charge in [-0.15, -0.1) is 10.2 Å². The minimum atomic E-state index is 0.387. The van der Waals surface area contributed by atoms with Gasteiger partial charge in [0, 0.05) is 15.0 Å². The van der Waals surface area contributed by atoms with Gasteiger partial charge in [0.1, 0.15) is 0 Å². The molecule has 1 aromatic carbocycles. The topological polar surface area (TPSA) is 51.0 Å². The van der Waals surface area contributed by atoms with Crippen LogP contribution in [0.4, 0.5) is 0 Å². The van der Waals surface area contributed by atoms with Crippen LogP contribution in [0.1, 0.15) is 19.7 Å². The molecule has 0 saturated heterocycles. The number of aromatic nitrogens is 2. The zero-order chi connectivity index (χ0) is 13.1. The van der Waals surface area contributed by atoms with Gasteiger partial charge in [0.05, 0.1) is 12.1 Å². The van der Waals surface area contributed by atoms with Crippen molar-refractivity contribution in [2.24, 2.45) is 0 Å². The van der Waals surface area contributed by atoms with Gasteiger partial charge >= 0.3 is 0 Å². The molecule has 0 amide bonds. The molecule has 0 atom stereocenters. The number of halogens is 2. The van der Waals surface area contributed by atoms with Crippen LogP contribution in [0.5, 0.6) is 0 Å². The fourth-order valence-corrected chi connectivity index (χ4v) is 2.16. The fourth-order valence-electron chi connectivity index (χ4n) is 1.39. The highest BCUT2D eigenvalue weighted by molar-refractivity contribution is 9.11. The molecule has 18 heavy (non-hydrogen) atoms. The molecular formula is C12H13Br2N3O. The summed E-state index contributed by atoms with van der Waals surface area (Å²) >= 11 is 6.90. The summed E-state index contributed by atoms with van der Waals surface area (Å²) in [5.41, 5.74) is 0.882. The number of benzene rings is 1. The van der Waals surface area contributed by atoms with Gasteiger partial charge in [0.25, 0.3) is 0 Å². The molecule has 0 fully saturated rings. The van der Waals surface area contributed by atoms with Gasteiger partial charge in [0.15, 0.2) is 0 Å². The van der Waals surface area contributed by atoms with Crippen LogP contribution >= 0.6 is 31.9 Å². The van der Waals surface area contributed by atoms with E-state index in [1.165, 1.54) is 0 Å². The zero-order valence-corrected chi connectivity index (χ0v) is 13.2. The van der Waals surface area contributed by atoms with Crippen LogP contribution in [0.2, 0.25) is 0 Å². The Morgan fingerprint density at radius 1 is 1.28 bits per heavy atom. The first-order valence-electron chi connectivity index (χ1n) is 5.57. The Hall–Kier alpha value is -0.720. The van der Waals surface area contributed by atoms with E-state index < -0.39 is 0 Å². The molecule has 0 aliphatic rings. The van der Waals surface area contributed by atoms with E-state index >= 15 is 0 Å². The maximum absolute atomic E-state index is 5.62. The van der Waals surface area contributed by atoms with Crippen LogP contribution in [0.25, 0.3) is 11.5 Å². The summed E-state index contributed by atoms with van der Waals surface area (Å²) in [5, 5.41) is 11.3. The molecule has 4 nitrogen and oxygen atoms in total. The number of hydrogen-bond acceptors (Lipinski definition) is 4. The van der Waals surface area contributed by atoms with Crippen LogP contribution < -0.4 is 5.32 Å². The van der Waals surface area contributed by atoms with Crippen molar-refractivity contribution < 1.29 is 4.42 Å². The van der Waals surface area contributed by atoms with Crippen molar-refractivity contribution in [3.63, 3.8) is 0 Å². The molecule has 0 spiro atoms. The summed E-state index contributed by atoms with van der Waals surface area (Å²) in [7, 11) is 0. The lowest BCUT2D eigenvalue weighted by molar-refractivity contribution is 0.458. The molecule has 1 N–H and O–H groups in total. The molecule has 0 saturated carbocycles.